The number of anilines is 1. The molecule has 3 aromatic heterocycles. The van der Waals surface area contributed by atoms with E-state index in [1.54, 1.807) is 30.5 Å². The Bertz CT molecular complexity index is 1970. The number of aromatic nitrogens is 3. The first-order valence-electron chi connectivity index (χ1n) is 14.1. The Labute approximate surface area is 259 Å². The minimum absolute atomic E-state index is 0.247. The van der Waals surface area contributed by atoms with Crippen LogP contribution >= 0.6 is 11.6 Å². The fourth-order valence-electron chi connectivity index (χ4n) is 5.53. The molecule has 0 aliphatic carbocycles. The third-order valence-electron chi connectivity index (χ3n) is 7.37. The largest absolute Gasteiger partial charge is 0.495 e. The number of nitrogens with zero attached hydrogens (tertiary/aromatic N) is 3. The molecule has 2 aromatic carbocycles. The standard InChI is InChI=1S/C35H28ClN5O3/c1-3-44-34-30(25-10-4-5-11-26(25)36)31(35(43)40-28-12-6-8-19-37-28)27(18-21-42)39-32(34)23-14-16-24(17-15-23)33-22(2)38-29-13-7-9-20-41(29)33/h4-20,30,39H,3H2,1-2H3,(H,37,40,43). The number of allylic oxidation sites excluding steroid dienone is 2. The molecule has 0 saturated carbocycles. The van der Waals surface area contributed by atoms with Crippen LogP contribution in [0, 0.1) is 6.92 Å². The van der Waals surface area contributed by atoms with Gasteiger partial charge in [-0.2, -0.15) is 0 Å². The Hall–Kier alpha value is -5.43. The highest BCUT2D eigenvalue weighted by molar-refractivity contribution is 6.31. The summed E-state index contributed by atoms with van der Waals surface area (Å²) in [6.07, 6.45) is 4.80. The zero-order valence-corrected chi connectivity index (χ0v) is 24.8. The monoisotopic (exact) mass is 601 g/mol. The number of benzene rings is 2. The van der Waals surface area contributed by atoms with Crippen molar-refractivity contribution < 1.29 is 14.3 Å². The Kier molecular flexibility index (Phi) is 8.10. The molecule has 0 radical (unpaired) electrons. The van der Waals surface area contributed by atoms with Crippen LogP contribution in [0.4, 0.5) is 5.82 Å². The van der Waals surface area contributed by atoms with Crippen LogP contribution in [0.25, 0.3) is 22.6 Å². The van der Waals surface area contributed by atoms with Crippen molar-refractivity contribution in [2.24, 2.45) is 0 Å². The lowest BCUT2D eigenvalue weighted by atomic mass is 9.83. The number of carbonyl (C=O) groups excluding carboxylic acids is 2. The summed E-state index contributed by atoms with van der Waals surface area (Å²) in [4.78, 5) is 34.7. The second-order valence-electron chi connectivity index (χ2n) is 10.1. The van der Waals surface area contributed by atoms with Gasteiger partial charge in [-0.15, -0.1) is 0 Å². The van der Waals surface area contributed by atoms with Crippen molar-refractivity contribution in [3.05, 3.63) is 142 Å². The summed E-state index contributed by atoms with van der Waals surface area (Å²) in [6.45, 7) is 4.20. The molecule has 218 valence electrons. The summed E-state index contributed by atoms with van der Waals surface area (Å²) in [6, 6.07) is 26.4. The Morgan fingerprint density at radius 1 is 1.05 bits per heavy atom. The van der Waals surface area contributed by atoms with Gasteiger partial charge in [0.2, 0.25) is 0 Å². The molecule has 1 aliphatic rings. The molecule has 0 fully saturated rings. The molecule has 6 rings (SSSR count). The number of halogens is 1. The number of aryl methyl sites for hydroxylation is 1. The van der Waals surface area contributed by atoms with Gasteiger partial charge in [0.05, 0.1) is 40.9 Å². The number of fused-ring (bicyclic) bond motifs is 1. The van der Waals surface area contributed by atoms with E-state index in [0.29, 0.717) is 34.5 Å². The highest BCUT2D eigenvalue weighted by Gasteiger charge is 2.38. The molecule has 1 aliphatic heterocycles. The van der Waals surface area contributed by atoms with Gasteiger partial charge in [-0.25, -0.2) is 14.8 Å². The van der Waals surface area contributed by atoms with Gasteiger partial charge >= 0.3 is 0 Å². The van der Waals surface area contributed by atoms with Crippen LogP contribution in [0.2, 0.25) is 5.02 Å². The van der Waals surface area contributed by atoms with Crippen LogP contribution in [0.3, 0.4) is 0 Å². The Balaban J connectivity index is 1.50. The number of hydrogen-bond donors (Lipinski definition) is 2. The summed E-state index contributed by atoms with van der Waals surface area (Å²) >= 11 is 6.75. The highest BCUT2D eigenvalue weighted by Crippen LogP contribution is 2.44. The van der Waals surface area contributed by atoms with Crippen LogP contribution in [0.1, 0.15) is 29.7 Å². The number of nitrogens with one attached hydrogen (secondary N) is 2. The number of rotatable bonds is 8. The average molecular weight is 602 g/mol. The Morgan fingerprint density at radius 2 is 1.80 bits per heavy atom. The van der Waals surface area contributed by atoms with E-state index in [1.165, 1.54) is 6.08 Å². The van der Waals surface area contributed by atoms with Crippen molar-refractivity contribution >= 4 is 40.6 Å². The maximum absolute atomic E-state index is 13.9. The van der Waals surface area contributed by atoms with Gasteiger partial charge in [0.1, 0.15) is 23.2 Å². The van der Waals surface area contributed by atoms with Gasteiger partial charge in [-0.05, 0) is 49.7 Å². The minimum Gasteiger partial charge on any atom is -0.495 e. The molecule has 1 amide bonds. The van der Waals surface area contributed by atoms with Crippen LogP contribution in [-0.2, 0) is 14.3 Å². The number of ether oxygens (including phenoxy) is 1. The predicted octanol–water partition coefficient (Wildman–Crippen LogP) is 6.73. The van der Waals surface area contributed by atoms with Crippen molar-refractivity contribution in [2.45, 2.75) is 19.8 Å². The first kappa shape index (κ1) is 28.7. The predicted molar refractivity (Wildman–Crippen MR) is 171 cm³/mol. The van der Waals surface area contributed by atoms with Crippen LogP contribution < -0.4 is 10.6 Å². The number of hydrogen-bond acceptors (Lipinski definition) is 6. The number of pyridine rings is 2. The van der Waals surface area contributed by atoms with E-state index >= 15 is 0 Å². The van der Waals surface area contributed by atoms with Crippen LogP contribution in [0.15, 0.2) is 120 Å². The van der Waals surface area contributed by atoms with E-state index in [9.17, 15) is 9.59 Å². The van der Waals surface area contributed by atoms with Gasteiger partial charge in [0.15, 0.2) is 0 Å². The summed E-state index contributed by atoms with van der Waals surface area (Å²) in [5.74, 6) is 1.50. The molecule has 0 spiro atoms. The molecule has 1 unspecified atom stereocenters. The maximum Gasteiger partial charge on any atom is 0.255 e. The first-order valence-corrected chi connectivity index (χ1v) is 14.5. The van der Waals surface area contributed by atoms with Gasteiger partial charge in [0, 0.05) is 34.6 Å². The lowest BCUT2D eigenvalue weighted by molar-refractivity contribution is -0.113. The summed E-state index contributed by atoms with van der Waals surface area (Å²) < 4.78 is 8.37. The van der Waals surface area contributed by atoms with Crippen molar-refractivity contribution in [1.29, 1.82) is 0 Å². The molecular weight excluding hydrogens is 574 g/mol. The molecule has 2 N–H and O–H groups in total. The van der Waals surface area contributed by atoms with Crippen molar-refractivity contribution in [1.82, 2.24) is 19.7 Å². The number of dihydropyridines is 1. The smallest absolute Gasteiger partial charge is 0.255 e. The molecule has 4 heterocycles. The molecule has 8 nitrogen and oxygen atoms in total. The van der Waals surface area contributed by atoms with Crippen molar-refractivity contribution in [3.8, 4) is 11.3 Å². The fraction of sp³-hybridized carbons (Fsp3) is 0.114. The number of amides is 1. The van der Waals surface area contributed by atoms with Gasteiger partial charge in [0.25, 0.3) is 5.91 Å². The van der Waals surface area contributed by atoms with E-state index < -0.39 is 11.8 Å². The molecule has 44 heavy (non-hydrogen) atoms. The zero-order valence-electron chi connectivity index (χ0n) is 24.0. The first-order chi connectivity index (χ1) is 21.5. The van der Waals surface area contributed by atoms with Crippen molar-refractivity contribution in [2.75, 3.05) is 11.9 Å². The topological polar surface area (TPSA) is 97.6 Å². The summed E-state index contributed by atoms with van der Waals surface area (Å²) in [5, 5.41) is 6.61. The highest BCUT2D eigenvalue weighted by atomic mass is 35.5. The lowest BCUT2D eigenvalue weighted by Crippen LogP contribution is -2.32. The fourth-order valence-corrected chi connectivity index (χ4v) is 5.77. The lowest BCUT2D eigenvalue weighted by Gasteiger charge is -2.33. The third kappa shape index (κ3) is 5.40. The van der Waals surface area contributed by atoms with Crippen LogP contribution in [0.5, 0.6) is 0 Å². The minimum atomic E-state index is -0.746. The molecule has 0 saturated heterocycles. The van der Waals surface area contributed by atoms with E-state index in [-0.39, 0.29) is 11.3 Å². The summed E-state index contributed by atoms with van der Waals surface area (Å²) in [5.41, 5.74) is 6.34. The maximum atomic E-state index is 13.9. The van der Waals surface area contributed by atoms with Crippen LogP contribution in [-0.4, -0.2) is 32.8 Å². The average Bonchev–Trinajstić information content (AvgIpc) is 3.38. The zero-order chi connectivity index (χ0) is 30.6. The number of carbonyl (C=O) groups is 1. The van der Waals surface area contributed by atoms with E-state index in [4.69, 9.17) is 21.3 Å². The molecule has 9 heteroatoms. The SMILES string of the molecule is CCOC1=C(c2ccc(-c3c(C)nc4ccccn34)cc2)NC(C=C=O)=C(C(=O)Nc2ccccn2)C1c1ccccc1Cl. The molecule has 1 atom stereocenters. The molecular formula is C35H28ClN5O3. The van der Waals surface area contributed by atoms with Gasteiger partial charge in [-0.3, -0.25) is 9.20 Å². The van der Waals surface area contributed by atoms with E-state index in [0.717, 1.165) is 28.2 Å². The third-order valence-corrected chi connectivity index (χ3v) is 7.71. The van der Waals surface area contributed by atoms with E-state index in [2.05, 4.69) is 20.0 Å². The van der Waals surface area contributed by atoms with Gasteiger partial charge < -0.3 is 15.4 Å². The number of imidazole rings is 1. The summed E-state index contributed by atoms with van der Waals surface area (Å²) in [7, 11) is 0. The second kappa shape index (κ2) is 12.4. The quantitative estimate of drug-likeness (QED) is 0.191. The Morgan fingerprint density at radius 3 is 2.52 bits per heavy atom. The van der Waals surface area contributed by atoms with Gasteiger partial charge in [-0.1, -0.05) is 66.2 Å². The molecule has 0 bridgehead atoms. The normalized spacial score (nSPS) is 14.7. The second-order valence-corrected chi connectivity index (χ2v) is 10.5. The van der Waals surface area contributed by atoms with E-state index in [1.807, 2.05) is 86.6 Å². The molecule has 5 aromatic rings. The van der Waals surface area contributed by atoms with Crippen molar-refractivity contribution in [3.63, 3.8) is 0 Å².